The molecule has 0 saturated heterocycles. The maximum absolute atomic E-state index is 2.46. The van der Waals surface area contributed by atoms with Crippen molar-refractivity contribution in [2.75, 3.05) is 4.90 Å². The summed E-state index contributed by atoms with van der Waals surface area (Å²) in [6.45, 7) is 0. The van der Waals surface area contributed by atoms with Gasteiger partial charge in [-0.25, -0.2) is 0 Å². The molecule has 0 N–H and O–H groups in total. The largest absolute Gasteiger partial charge is 0.308 e. The molecule has 5 aromatic rings. The second-order valence-corrected chi connectivity index (χ2v) is 8.33. The van der Waals surface area contributed by atoms with Gasteiger partial charge in [-0.1, -0.05) is 97.1 Å². The summed E-state index contributed by atoms with van der Waals surface area (Å²) in [5.41, 5.74) is 5.96. The average Bonchev–Trinajstić information content (AvgIpc) is 2.82. The van der Waals surface area contributed by atoms with E-state index >= 15 is 0 Å². The minimum Gasteiger partial charge on any atom is -0.308 e. The van der Waals surface area contributed by atoms with Gasteiger partial charge in [-0.05, 0) is 57.8 Å². The molecular weight excluding hydrogens is 477 g/mol. The zero-order chi connectivity index (χ0) is 20.3. The van der Waals surface area contributed by atoms with E-state index in [1.807, 2.05) is 0 Å². The van der Waals surface area contributed by atoms with E-state index in [2.05, 4.69) is 149 Å². The first-order valence-electron chi connectivity index (χ1n) is 10.00. The van der Waals surface area contributed by atoms with Crippen LogP contribution in [-0.4, -0.2) is 0 Å². The van der Waals surface area contributed by atoms with Crippen LogP contribution in [0.5, 0.6) is 0 Å². The third-order valence-corrected chi connectivity index (χ3v) is 6.19. The fraction of sp³-hybridized carbons (Fsp3) is 0. The summed E-state index contributed by atoms with van der Waals surface area (Å²) >= 11 is 2.46. The van der Waals surface area contributed by atoms with Crippen molar-refractivity contribution in [2.24, 2.45) is 0 Å². The monoisotopic (exact) mass is 497 g/mol. The average molecular weight is 497 g/mol. The van der Waals surface area contributed by atoms with Crippen molar-refractivity contribution in [3.8, 4) is 11.1 Å². The number of anilines is 3. The van der Waals surface area contributed by atoms with Gasteiger partial charge in [0.15, 0.2) is 0 Å². The molecule has 0 aromatic heterocycles. The van der Waals surface area contributed by atoms with Gasteiger partial charge in [-0.2, -0.15) is 0 Å². The number of para-hydroxylation sites is 2. The number of hydrogen-bond acceptors (Lipinski definition) is 1. The highest BCUT2D eigenvalue weighted by molar-refractivity contribution is 14.1. The van der Waals surface area contributed by atoms with Gasteiger partial charge in [0.05, 0.1) is 11.4 Å². The number of rotatable bonds is 4. The van der Waals surface area contributed by atoms with E-state index in [4.69, 9.17) is 0 Å². The molecule has 0 bridgehead atoms. The first-order valence-corrected chi connectivity index (χ1v) is 11.1. The molecule has 0 aliphatic heterocycles. The van der Waals surface area contributed by atoms with Gasteiger partial charge in [-0.3, -0.25) is 0 Å². The van der Waals surface area contributed by atoms with Crippen molar-refractivity contribution in [1.29, 1.82) is 0 Å². The Morgan fingerprint density at radius 2 is 1.17 bits per heavy atom. The summed E-state index contributed by atoms with van der Waals surface area (Å²) in [5, 5.41) is 2.49. The molecule has 0 saturated carbocycles. The van der Waals surface area contributed by atoms with Crippen LogP contribution in [0.4, 0.5) is 17.1 Å². The molecule has 5 aromatic carbocycles. The van der Waals surface area contributed by atoms with Crippen LogP contribution in [0.2, 0.25) is 0 Å². The molecule has 0 atom stereocenters. The Balaban J connectivity index is 1.84. The molecule has 1 nitrogen and oxygen atoms in total. The SMILES string of the molecule is Ic1ccc2ccccc2c1N(c1ccccc1)c1ccccc1-c1ccccc1. The van der Waals surface area contributed by atoms with Gasteiger partial charge in [0.1, 0.15) is 0 Å². The van der Waals surface area contributed by atoms with Crippen molar-refractivity contribution in [3.63, 3.8) is 0 Å². The highest BCUT2D eigenvalue weighted by Crippen LogP contribution is 2.44. The minimum atomic E-state index is 1.15. The summed E-state index contributed by atoms with van der Waals surface area (Å²) in [7, 11) is 0. The highest BCUT2D eigenvalue weighted by atomic mass is 127. The van der Waals surface area contributed by atoms with Crippen molar-refractivity contribution in [2.45, 2.75) is 0 Å². The lowest BCUT2D eigenvalue weighted by atomic mass is 10.0. The maximum atomic E-state index is 2.46. The van der Waals surface area contributed by atoms with Crippen LogP contribution in [0, 0.1) is 3.57 Å². The lowest BCUT2D eigenvalue weighted by molar-refractivity contribution is 1.29. The van der Waals surface area contributed by atoms with Crippen LogP contribution >= 0.6 is 22.6 Å². The molecule has 0 aliphatic rings. The molecule has 5 rings (SSSR count). The predicted octanol–water partition coefficient (Wildman–Crippen LogP) is 8.58. The van der Waals surface area contributed by atoms with Crippen LogP contribution in [0.3, 0.4) is 0 Å². The fourth-order valence-electron chi connectivity index (χ4n) is 3.95. The molecular formula is C28H20IN. The molecule has 0 radical (unpaired) electrons. The normalized spacial score (nSPS) is 10.8. The molecule has 0 aliphatic carbocycles. The summed E-state index contributed by atoms with van der Waals surface area (Å²) in [5.74, 6) is 0. The van der Waals surface area contributed by atoms with Gasteiger partial charge in [0.25, 0.3) is 0 Å². The van der Waals surface area contributed by atoms with Crippen molar-refractivity contribution >= 4 is 50.4 Å². The van der Waals surface area contributed by atoms with E-state index in [-0.39, 0.29) is 0 Å². The van der Waals surface area contributed by atoms with Crippen LogP contribution in [0.15, 0.2) is 121 Å². The van der Waals surface area contributed by atoms with Crippen molar-refractivity contribution in [1.82, 2.24) is 0 Å². The van der Waals surface area contributed by atoms with E-state index in [1.165, 1.54) is 36.8 Å². The van der Waals surface area contributed by atoms with Gasteiger partial charge in [0, 0.05) is 20.2 Å². The van der Waals surface area contributed by atoms with E-state index in [1.54, 1.807) is 0 Å². The van der Waals surface area contributed by atoms with Gasteiger partial charge >= 0.3 is 0 Å². The summed E-state index contributed by atoms with van der Waals surface area (Å²) < 4.78 is 1.22. The second kappa shape index (κ2) is 8.33. The Morgan fingerprint density at radius 1 is 0.533 bits per heavy atom. The smallest absolute Gasteiger partial charge is 0.0673 e. The summed E-state index contributed by atoms with van der Waals surface area (Å²) in [4.78, 5) is 2.40. The minimum absolute atomic E-state index is 1.15. The predicted molar refractivity (Wildman–Crippen MR) is 137 cm³/mol. The highest BCUT2D eigenvalue weighted by Gasteiger charge is 2.20. The van der Waals surface area contributed by atoms with E-state index in [9.17, 15) is 0 Å². The number of benzene rings is 5. The first-order chi connectivity index (χ1) is 14.8. The van der Waals surface area contributed by atoms with E-state index in [0.29, 0.717) is 0 Å². The Bertz CT molecular complexity index is 1300. The molecule has 0 fully saturated rings. The first kappa shape index (κ1) is 18.9. The maximum Gasteiger partial charge on any atom is 0.0673 e. The topological polar surface area (TPSA) is 3.24 Å². The van der Waals surface area contributed by atoms with Crippen LogP contribution < -0.4 is 4.90 Å². The number of halogens is 1. The lowest BCUT2D eigenvalue weighted by Gasteiger charge is -2.30. The van der Waals surface area contributed by atoms with Crippen molar-refractivity contribution in [3.05, 3.63) is 125 Å². The Labute approximate surface area is 190 Å². The zero-order valence-corrected chi connectivity index (χ0v) is 18.5. The summed E-state index contributed by atoms with van der Waals surface area (Å²) in [6, 6.07) is 42.9. The molecule has 0 unspecified atom stereocenters. The summed E-state index contributed by atoms with van der Waals surface area (Å²) in [6.07, 6.45) is 0. The van der Waals surface area contributed by atoms with E-state index in [0.717, 1.165) is 5.69 Å². The second-order valence-electron chi connectivity index (χ2n) is 7.17. The third-order valence-electron chi connectivity index (χ3n) is 5.32. The zero-order valence-electron chi connectivity index (χ0n) is 16.4. The van der Waals surface area contributed by atoms with Gasteiger partial charge < -0.3 is 4.90 Å². The molecule has 0 spiro atoms. The Hall–Kier alpha value is -3.11. The molecule has 0 heterocycles. The fourth-order valence-corrected chi connectivity index (χ4v) is 4.66. The third kappa shape index (κ3) is 3.48. The van der Waals surface area contributed by atoms with Crippen LogP contribution in [-0.2, 0) is 0 Å². The molecule has 2 heteroatoms. The Kier molecular flexibility index (Phi) is 5.24. The van der Waals surface area contributed by atoms with Crippen molar-refractivity contribution < 1.29 is 0 Å². The standard InChI is InChI=1S/C28H20IN/c29-26-20-19-22-13-7-8-17-25(22)28(26)30(23-14-5-2-6-15-23)27-18-10-9-16-24(27)21-11-3-1-4-12-21/h1-20H. The van der Waals surface area contributed by atoms with Crippen LogP contribution in [0.25, 0.3) is 21.9 Å². The number of hydrogen-bond donors (Lipinski definition) is 0. The Morgan fingerprint density at radius 3 is 1.97 bits per heavy atom. The quantitative estimate of drug-likeness (QED) is 0.225. The molecule has 30 heavy (non-hydrogen) atoms. The van der Waals surface area contributed by atoms with E-state index < -0.39 is 0 Å². The van der Waals surface area contributed by atoms with Gasteiger partial charge in [-0.15, -0.1) is 0 Å². The number of fused-ring (bicyclic) bond motifs is 1. The lowest BCUT2D eigenvalue weighted by Crippen LogP contribution is -2.13. The number of nitrogens with zero attached hydrogens (tertiary/aromatic N) is 1. The van der Waals surface area contributed by atoms with Crippen LogP contribution in [0.1, 0.15) is 0 Å². The molecule has 144 valence electrons. The molecule has 0 amide bonds. The van der Waals surface area contributed by atoms with Gasteiger partial charge in [0.2, 0.25) is 0 Å².